The van der Waals surface area contributed by atoms with Gasteiger partial charge >= 0.3 is 0 Å². The van der Waals surface area contributed by atoms with Gasteiger partial charge in [0.15, 0.2) is 0 Å². The average molecular weight is 197 g/mol. The smallest absolute Gasteiger partial charge is 0.118 e. The molecule has 2 heteroatoms. The zero-order valence-corrected chi connectivity index (χ0v) is 8.42. The van der Waals surface area contributed by atoms with Gasteiger partial charge in [0.25, 0.3) is 0 Å². The second-order valence-corrected chi connectivity index (χ2v) is 2.99. The van der Waals surface area contributed by atoms with E-state index in [1.807, 2.05) is 18.2 Å². The number of benzene rings is 1. The Morgan fingerprint density at radius 2 is 1.92 bits per heavy atom. The third-order valence-electron chi connectivity index (χ3n) is 1.77. The fourth-order valence-electron chi connectivity index (χ4n) is 1.04. The van der Waals surface area contributed by atoms with Crippen LogP contribution < -0.4 is 4.74 Å². The highest BCUT2D eigenvalue weighted by Gasteiger charge is 1.90. The Morgan fingerprint density at radius 3 is 2.46 bits per heavy atom. The third kappa shape index (κ3) is 3.51. The Balaban J connectivity index is 2.54. The molecule has 0 amide bonds. The van der Waals surface area contributed by atoms with Gasteiger partial charge < -0.3 is 4.74 Å². The van der Waals surface area contributed by atoms with Crippen LogP contribution in [0.5, 0.6) is 5.75 Å². The second-order valence-electron chi connectivity index (χ2n) is 2.68. The van der Waals surface area contributed by atoms with Gasteiger partial charge in [0.1, 0.15) is 5.75 Å². The lowest BCUT2D eigenvalue weighted by molar-refractivity contribution is 0.414. The molecule has 70 valence electrons. The van der Waals surface area contributed by atoms with E-state index >= 15 is 0 Å². The SMILES string of the molecule is COc1ccc(C/C=C/CCl)cc1. The van der Waals surface area contributed by atoms with Crippen LogP contribution in [0.25, 0.3) is 0 Å². The molecule has 0 aliphatic rings. The van der Waals surface area contributed by atoms with Crippen molar-refractivity contribution >= 4 is 11.6 Å². The second kappa shape index (κ2) is 5.65. The fourth-order valence-corrected chi connectivity index (χ4v) is 1.17. The lowest BCUT2D eigenvalue weighted by atomic mass is 10.1. The van der Waals surface area contributed by atoms with Crippen LogP contribution in [-0.2, 0) is 6.42 Å². The molecule has 0 aromatic heterocycles. The van der Waals surface area contributed by atoms with E-state index in [-0.39, 0.29) is 0 Å². The first-order valence-electron chi connectivity index (χ1n) is 4.20. The molecule has 0 fully saturated rings. The molecule has 13 heavy (non-hydrogen) atoms. The molecule has 0 radical (unpaired) electrons. The maximum Gasteiger partial charge on any atom is 0.118 e. The first-order valence-corrected chi connectivity index (χ1v) is 4.74. The highest BCUT2D eigenvalue weighted by Crippen LogP contribution is 2.11. The molecule has 0 aliphatic heterocycles. The first-order chi connectivity index (χ1) is 6.36. The van der Waals surface area contributed by atoms with E-state index in [1.54, 1.807) is 7.11 Å². The number of hydrogen-bond donors (Lipinski definition) is 0. The van der Waals surface area contributed by atoms with Crippen molar-refractivity contribution in [1.29, 1.82) is 0 Å². The number of alkyl halides is 1. The Labute approximate surface area is 84.0 Å². The van der Waals surface area contributed by atoms with Crippen molar-refractivity contribution < 1.29 is 4.74 Å². The Bertz CT molecular complexity index is 264. The Morgan fingerprint density at radius 1 is 1.23 bits per heavy atom. The molecule has 0 atom stereocenters. The number of halogens is 1. The van der Waals surface area contributed by atoms with Crippen LogP contribution in [0.15, 0.2) is 36.4 Å². The van der Waals surface area contributed by atoms with Crippen molar-refractivity contribution in [1.82, 2.24) is 0 Å². The number of allylic oxidation sites excluding steroid dienone is 2. The highest BCUT2D eigenvalue weighted by molar-refractivity contribution is 6.18. The standard InChI is InChI=1S/C11H13ClO/c1-13-11-7-5-10(6-8-11)4-2-3-9-12/h2-3,5-8H,4,9H2,1H3/b3-2+. The van der Waals surface area contributed by atoms with Crippen molar-refractivity contribution in [2.75, 3.05) is 13.0 Å². The summed E-state index contributed by atoms with van der Waals surface area (Å²) in [5.41, 5.74) is 1.27. The maximum atomic E-state index is 5.51. The summed E-state index contributed by atoms with van der Waals surface area (Å²) in [6, 6.07) is 8.03. The number of hydrogen-bond acceptors (Lipinski definition) is 1. The molecule has 1 rings (SSSR count). The average Bonchev–Trinajstić information content (AvgIpc) is 2.19. The van der Waals surface area contributed by atoms with Gasteiger partial charge in [-0.2, -0.15) is 0 Å². The molecule has 0 unspecified atom stereocenters. The van der Waals surface area contributed by atoms with E-state index in [4.69, 9.17) is 16.3 Å². The predicted octanol–water partition coefficient (Wildman–Crippen LogP) is 3.03. The van der Waals surface area contributed by atoms with Crippen molar-refractivity contribution in [3.63, 3.8) is 0 Å². The van der Waals surface area contributed by atoms with Gasteiger partial charge in [-0.15, -0.1) is 11.6 Å². The van der Waals surface area contributed by atoms with Crippen molar-refractivity contribution in [3.8, 4) is 5.75 Å². The van der Waals surface area contributed by atoms with Crippen molar-refractivity contribution in [2.24, 2.45) is 0 Å². The van der Waals surface area contributed by atoms with Gasteiger partial charge in [-0.3, -0.25) is 0 Å². The number of methoxy groups -OCH3 is 1. The molecule has 0 saturated heterocycles. The van der Waals surface area contributed by atoms with Crippen molar-refractivity contribution in [2.45, 2.75) is 6.42 Å². The Hall–Kier alpha value is -0.950. The minimum atomic E-state index is 0.580. The quantitative estimate of drug-likeness (QED) is 0.532. The lowest BCUT2D eigenvalue weighted by Gasteiger charge is -2.00. The highest BCUT2D eigenvalue weighted by atomic mass is 35.5. The van der Waals surface area contributed by atoms with Crippen LogP contribution in [0.4, 0.5) is 0 Å². The number of ether oxygens (including phenoxy) is 1. The zero-order valence-electron chi connectivity index (χ0n) is 7.66. The molecule has 1 aromatic rings. The summed E-state index contributed by atoms with van der Waals surface area (Å²) in [6.45, 7) is 0. The molecular weight excluding hydrogens is 184 g/mol. The summed E-state index contributed by atoms with van der Waals surface area (Å²) in [5.74, 6) is 1.47. The minimum absolute atomic E-state index is 0.580. The lowest BCUT2D eigenvalue weighted by Crippen LogP contribution is -1.84. The molecule has 0 bridgehead atoms. The van der Waals surface area contributed by atoms with E-state index in [1.165, 1.54) is 5.56 Å². The molecule has 0 spiro atoms. The van der Waals surface area contributed by atoms with Crippen LogP contribution in [0, 0.1) is 0 Å². The van der Waals surface area contributed by atoms with E-state index in [9.17, 15) is 0 Å². The molecule has 0 saturated carbocycles. The summed E-state index contributed by atoms with van der Waals surface area (Å²) in [6.07, 6.45) is 4.94. The summed E-state index contributed by atoms with van der Waals surface area (Å²) in [5, 5.41) is 0. The van der Waals surface area contributed by atoms with Crippen LogP contribution in [0.1, 0.15) is 5.56 Å². The van der Waals surface area contributed by atoms with E-state index in [2.05, 4.69) is 18.2 Å². The van der Waals surface area contributed by atoms with Crippen molar-refractivity contribution in [3.05, 3.63) is 42.0 Å². The molecule has 1 nitrogen and oxygen atoms in total. The summed E-state index contributed by atoms with van der Waals surface area (Å²) in [4.78, 5) is 0. The zero-order chi connectivity index (χ0) is 9.52. The molecule has 1 aromatic carbocycles. The van der Waals surface area contributed by atoms with Gasteiger partial charge in [-0.05, 0) is 24.1 Å². The van der Waals surface area contributed by atoms with Gasteiger partial charge in [0.05, 0.1) is 7.11 Å². The number of rotatable bonds is 4. The molecular formula is C11H13ClO. The van der Waals surface area contributed by atoms with E-state index in [0.717, 1.165) is 12.2 Å². The summed E-state index contributed by atoms with van der Waals surface area (Å²) >= 11 is 5.51. The molecule has 0 aliphatic carbocycles. The van der Waals surface area contributed by atoms with Crippen LogP contribution in [0.2, 0.25) is 0 Å². The Kier molecular flexibility index (Phi) is 4.41. The topological polar surface area (TPSA) is 9.23 Å². The largest absolute Gasteiger partial charge is 0.497 e. The van der Waals surface area contributed by atoms with Gasteiger partial charge in [-0.1, -0.05) is 24.3 Å². The van der Waals surface area contributed by atoms with Crippen LogP contribution in [0.3, 0.4) is 0 Å². The summed E-state index contributed by atoms with van der Waals surface area (Å²) in [7, 11) is 1.67. The summed E-state index contributed by atoms with van der Waals surface area (Å²) < 4.78 is 5.06. The van der Waals surface area contributed by atoms with Gasteiger partial charge in [0, 0.05) is 5.88 Å². The molecule has 0 heterocycles. The van der Waals surface area contributed by atoms with Gasteiger partial charge in [0.2, 0.25) is 0 Å². The predicted molar refractivity (Wildman–Crippen MR) is 56.6 cm³/mol. The fraction of sp³-hybridized carbons (Fsp3) is 0.273. The third-order valence-corrected chi connectivity index (χ3v) is 1.95. The minimum Gasteiger partial charge on any atom is -0.497 e. The normalized spacial score (nSPS) is 10.6. The maximum absolute atomic E-state index is 5.51. The van der Waals surface area contributed by atoms with E-state index in [0.29, 0.717) is 5.88 Å². The van der Waals surface area contributed by atoms with Crippen LogP contribution in [-0.4, -0.2) is 13.0 Å². The first kappa shape index (κ1) is 10.1. The van der Waals surface area contributed by atoms with Gasteiger partial charge in [-0.25, -0.2) is 0 Å². The monoisotopic (exact) mass is 196 g/mol. The van der Waals surface area contributed by atoms with E-state index < -0.39 is 0 Å². The molecule has 0 N–H and O–H groups in total. The van der Waals surface area contributed by atoms with Crippen LogP contribution >= 0.6 is 11.6 Å².